The molecule has 0 spiro atoms. The number of nitrogens with zero attached hydrogens (tertiary/aromatic N) is 1. The van der Waals surface area contributed by atoms with Gasteiger partial charge in [0.2, 0.25) is 17.7 Å². The number of carbonyl (C=O) groups excluding carboxylic acids is 3. The zero-order chi connectivity index (χ0) is 30.1. The average Bonchev–Trinajstić information content (AvgIpc) is 2.95. The minimum absolute atomic E-state index is 0.00286. The van der Waals surface area contributed by atoms with Gasteiger partial charge in [-0.2, -0.15) is 0 Å². The number of carbonyl (C=O) groups is 3. The number of amides is 3. The second kappa shape index (κ2) is 14.8. The second-order valence-electron chi connectivity index (χ2n) is 10.3. The van der Waals surface area contributed by atoms with Gasteiger partial charge in [-0.3, -0.25) is 14.4 Å². The van der Waals surface area contributed by atoms with Gasteiger partial charge in [-0.15, -0.1) is 0 Å². The Morgan fingerprint density at radius 2 is 1.59 bits per heavy atom. The number of phenols is 2. The molecule has 3 amide bonds. The molecule has 3 rings (SSSR count). The summed E-state index contributed by atoms with van der Waals surface area (Å²) in [6, 6.07) is 7.09. The van der Waals surface area contributed by atoms with Crippen molar-refractivity contribution < 1.29 is 29.7 Å². The molecule has 0 fully saturated rings. The molecule has 12 nitrogen and oxygen atoms in total. The number of hydrogen-bond acceptors (Lipinski definition) is 9. The Morgan fingerprint density at radius 1 is 0.976 bits per heavy atom. The van der Waals surface area contributed by atoms with Crippen LogP contribution in [0.2, 0.25) is 0 Å². The van der Waals surface area contributed by atoms with Crippen LogP contribution < -0.4 is 26.6 Å². The van der Waals surface area contributed by atoms with Gasteiger partial charge in [-0.05, 0) is 67.7 Å². The second-order valence-corrected chi connectivity index (χ2v) is 10.3. The highest BCUT2D eigenvalue weighted by Crippen LogP contribution is 2.31. The Bertz CT molecular complexity index is 1220. The first kappa shape index (κ1) is 31.8. The van der Waals surface area contributed by atoms with Gasteiger partial charge in [0, 0.05) is 45.9 Å². The summed E-state index contributed by atoms with van der Waals surface area (Å²) >= 11 is 0. The SMILES string of the molecule is CNCCNC(=O)[C@@H]1Cc2cc(ccc2O)-c2ccc(O)c(c2)C[C@H](NC)C(=O)N[C@@H](C[C@@H](O)CNC)C(=O)N1C. The Kier molecular flexibility index (Phi) is 11.5. The number of nitrogens with one attached hydrogen (secondary N) is 5. The lowest BCUT2D eigenvalue weighted by atomic mass is 9.95. The van der Waals surface area contributed by atoms with Crippen molar-refractivity contribution in [2.24, 2.45) is 0 Å². The summed E-state index contributed by atoms with van der Waals surface area (Å²) in [7, 11) is 6.50. The molecule has 0 saturated carbocycles. The van der Waals surface area contributed by atoms with E-state index in [1.54, 1.807) is 51.5 Å². The quantitative estimate of drug-likeness (QED) is 0.177. The lowest BCUT2D eigenvalue weighted by molar-refractivity contribution is -0.142. The van der Waals surface area contributed by atoms with Crippen LogP contribution in [0.4, 0.5) is 0 Å². The van der Waals surface area contributed by atoms with Gasteiger partial charge in [0.15, 0.2) is 0 Å². The number of aliphatic hydroxyl groups excluding tert-OH is 1. The molecule has 1 heterocycles. The standard InChI is InChI=1S/C29H42N6O6/c1-30-9-10-33-28(40)24-14-20-12-18(6-8-26(20)38)17-5-7-25(37)19(11-17)13-22(32-3)27(39)34-23(29(41)35(24)4)15-21(36)16-31-2/h5-8,11-12,21-24,30-32,36-38H,9-10,13-16H2,1-4H3,(H,33,40)(H,34,39)/t21-,22+,23+,24+/m1/s1. The van der Waals surface area contributed by atoms with E-state index in [0.29, 0.717) is 24.2 Å². The summed E-state index contributed by atoms with van der Waals surface area (Å²) < 4.78 is 0. The van der Waals surface area contributed by atoms with Crippen molar-refractivity contribution in [3.05, 3.63) is 47.5 Å². The maximum Gasteiger partial charge on any atom is 0.245 e. The third kappa shape index (κ3) is 8.17. The maximum atomic E-state index is 13.9. The molecule has 0 radical (unpaired) electrons. The Labute approximate surface area is 240 Å². The monoisotopic (exact) mass is 570 g/mol. The van der Waals surface area contributed by atoms with Crippen molar-refractivity contribution in [3.8, 4) is 22.6 Å². The minimum Gasteiger partial charge on any atom is -0.508 e. The smallest absolute Gasteiger partial charge is 0.245 e. The molecule has 0 aromatic heterocycles. The van der Waals surface area contributed by atoms with Gasteiger partial charge in [0.1, 0.15) is 23.6 Å². The highest BCUT2D eigenvalue weighted by Gasteiger charge is 2.35. The molecule has 224 valence electrons. The molecule has 1 aliphatic rings. The van der Waals surface area contributed by atoms with Gasteiger partial charge in [-0.25, -0.2) is 0 Å². The molecule has 0 unspecified atom stereocenters. The fourth-order valence-corrected chi connectivity index (χ4v) is 4.93. The van der Waals surface area contributed by atoms with E-state index in [2.05, 4.69) is 26.6 Å². The van der Waals surface area contributed by atoms with Crippen LogP contribution in [0.25, 0.3) is 11.1 Å². The average molecular weight is 571 g/mol. The van der Waals surface area contributed by atoms with E-state index in [9.17, 15) is 29.7 Å². The number of benzene rings is 2. The summed E-state index contributed by atoms with van der Waals surface area (Å²) in [5.74, 6) is -1.50. The summed E-state index contributed by atoms with van der Waals surface area (Å²) in [4.78, 5) is 42.0. The van der Waals surface area contributed by atoms with E-state index in [1.165, 1.54) is 18.0 Å². The topological polar surface area (TPSA) is 175 Å². The van der Waals surface area contributed by atoms with Crippen molar-refractivity contribution in [3.63, 3.8) is 0 Å². The third-order valence-electron chi connectivity index (χ3n) is 7.35. The molecule has 1 aliphatic heterocycles. The largest absolute Gasteiger partial charge is 0.508 e. The number of likely N-dealkylation sites (N-methyl/N-ethyl adjacent to an activating group) is 4. The Hall–Kier alpha value is -3.71. The normalized spacial score (nSPS) is 20.5. The number of hydrogen-bond donors (Lipinski definition) is 8. The highest BCUT2D eigenvalue weighted by atomic mass is 16.3. The Balaban J connectivity index is 2.14. The first-order valence-corrected chi connectivity index (χ1v) is 13.7. The molecule has 8 N–H and O–H groups in total. The summed E-state index contributed by atoms with van der Waals surface area (Å²) in [5.41, 5.74) is 2.44. The van der Waals surface area contributed by atoms with E-state index in [-0.39, 0.29) is 37.3 Å². The van der Waals surface area contributed by atoms with Crippen molar-refractivity contribution in [2.45, 2.75) is 43.5 Å². The minimum atomic E-state index is -1.15. The lowest BCUT2D eigenvalue weighted by Crippen LogP contribution is -2.58. The summed E-state index contributed by atoms with van der Waals surface area (Å²) in [5, 5.41) is 46.2. The molecular formula is C29H42N6O6. The van der Waals surface area contributed by atoms with Crippen LogP contribution in [0.1, 0.15) is 17.5 Å². The van der Waals surface area contributed by atoms with Gasteiger partial charge in [-0.1, -0.05) is 12.1 Å². The van der Waals surface area contributed by atoms with Crippen LogP contribution in [0, 0.1) is 0 Å². The van der Waals surface area contributed by atoms with Gasteiger partial charge in [0.25, 0.3) is 0 Å². The van der Waals surface area contributed by atoms with Crippen molar-refractivity contribution in [2.75, 3.05) is 47.8 Å². The van der Waals surface area contributed by atoms with E-state index in [4.69, 9.17) is 0 Å². The third-order valence-corrected chi connectivity index (χ3v) is 7.35. The Morgan fingerprint density at radius 3 is 2.15 bits per heavy atom. The molecule has 2 aromatic rings. The van der Waals surface area contributed by atoms with E-state index < -0.39 is 42.0 Å². The van der Waals surface area contributed by atoms with Crippen LogP contribution in [-0.2, 0) is 27.2 Å². The summed E-state index contributed by atoms with van der Waals surface area (Å²) in [6.45, 7) is 1.02. The van der Waals surface area contributed by atoms with Crippen molar-refractivity contribution >= 4 is 17.7 Å². The summed E-state index contributed by atoms with van der Waals surface area (Å²) in [6.07, 6.45) is -0.930. The van der Waals surface area contributed by atoms with Crippen LogP contribution in [0.15, 0.2) is 36.4 Å². The first-order valence-electron chi connectivity index (χ1n) is 13.7. The first-order chi connectivity index (χ1) is 19.6. The zero-order valence-electron chi connectivity index (χ0n) is 24.0. The number of rotatable bonds is 9. The van der Waals surface area contributed by atoms with E-state index in [1.807, 2.05) is 0 Å². The molecule has 0 saturated heterocycles. The number of aliphatic hydroxyl groups is 1. The van der Waals surface area contributed by atoms with Crippen LogP contribution in [0.3, 0.4) is 0 Å². The fourth-order valence-electron chi connectivity index (χ4n) is 4.93. The lowest BCUT2D eigenvalue weighted by Gasteiger charge is -2.32. The number of phenolic OH excluding ortho intramolecular Hbond substituents is 2. The zero-order valence-corrected chi connectivity index (χ0v) is 24.0. The number of fused-ring (bicyclic) bond motifs is 5. The molecule has 0 aliphatic carbocycles. The van der Waals surface area contributed by atoms with Crippen LogP contribution >= 0.6 is 0 Å². The predicted octanol–water partition coefficient (Wildman–Crippen LogP) is -0.931. The molecule has 2 aromatic carbocycles. The molecule has 12 heteroatoms. The van der Waals surface area contributed by atoms with E-state index in [0.717, 1.165) is 11.1 Å². The van der Waals surface area contributed by atoms with Gasteiger partial charge in [0.05, 0.1) is 12.1 Å². The predicted molar refractivity (Wildman–Crippen MR) is 155 cm³/mol. The van der Waals surface area contributed by atoms with Crippen LogP contribution in [-0.4, -0.2) is 110 Å². The van der Waals surface area contributed by atoms with Crippen molar-refractivity contribution in [1.29, 1.82) is 0 Å². The van der Waals surface area contributed by atoms with Gasteiger partial charge < -0.3 is 46.8 Å². The molecular weight excluding hydrogens is 528 g/mol. The number of aromatic hydroxyl groups is 2. The fraction of sp³-hybridized carbons (Fsp3) is 0.483. The molecule has 4 atom stereocenters. The van der Waals surface area contributed by atoms with Crippen LogP contribution in [0.5, 0.6) is 11.5 Å². The molecule has 4 bridgehead atoms. The van der Waals surface area contributed by atoms with E-state index >= 15 is 0 Å². The maximum absolute atomic E-state index is 13.9. The van der Waals surface area contributed by atoms with Crippen molar-refractivity contribution in [1.82, 2.24) is 31.5 Å². The highest BCUT2D eigenvalue weighted by molar-refractivity contribution is 5.93. The van der Waals surface area contributed by atoms with Gasteiger partial charge >= 0.3 is 0 Å². The molecule has 41 heavy (non-hydrogen) atoms.